The highest BCUT2D eigenvalue weighted by Gasteiger charge is 2.18. The van der Waals surface area contributed by atoms with Gasteiger partial charge in [0.2, 0.25) is 0 Å². The lowest BCUT2D eigenvalue weighted by molar-refractivity contribution is 0.576. The van der Waals surface area contributed by atoms with E-state index in [4.69, 9.17) is 0 Å². The van der Waals surface area contributed by atoms with Crippen LogP contribution < -0.4 is 5.32 Å². The Morgan fingerprint density at radius 2 is 2.13 bits per heavy atom. The summed E-state index contributed by atoms with van der Waals surface area (Å²) in [5.74, 6) is 0.292. The Balaban J connectivity index is 2.22. The van der Waals surface area contributed by atoms with Crippen LogP contribution in [0.15, 0.2) is 18.2 Å². The molecule has 1 fully saturated rings. The molecule has 1 saturated heterocycles. The van der Waals surface area contributed by atoms with Gasteiger partial charge in [0.1, 0.15) is 11.6 Å². The van der Waals surface area contributed by atoms with Crippen molar-refractivity contribution in [2.75, 3.05) is 18.8 Å². The van der Waals surface area contributed by atoms with Gasteiger partial charge in [-0.1, -0.05) is 0 Å². The molecule has 1 atom stereocenters. The number of benzene rings is 1. The van der Waals surface area contributed by atoms with Gasteiger partial charge in [0, 0.05) is 23.1 Å². The summed E-state index contributed by atoms with van der Waals surface area (Å²) in [5, 5.41) is 3.32. The molecule has 1 aromatic rings. The molecule has 0 aromatic heterocycles. The second kappa shape index (κ2) is 4.94. The number of nitrogens with one attached hydrogen (secondary N) is 1. The monoisotopic (exact) mass is 229 g/mol. The fraction of sp³-hybridized carbons (Fsp3) is 0.455. The van der Waals surface area contributed by atoms with E-state index >= 15 is 0 Å². The summed E-state index contributed by atoms with van der Waals surface area (Å²) in [6.45, 7) is 1.81. The summed E-state index contributed by atoms with van der Waals surface area (Å²) in [4.78, 5) is 0. The Kier molecular flexibility index (Phi) is 3.59. The molecule has 82 valence electrons. The highest BCUT2D eigenvalue weighted by molar-refractivity contribution is 7.99. The van der Waals surface area contributed by atoms with Crippen LogP contribution in [0.5, 0.6) is 0 Å². The van der Waals surface area contributed by atoms with Crippen molar-refractivity contribution in [3.05, 3.63) is 35.4 Å². The fourth-order valence-electron chi connectivity index (χ4n) is 1.72. The van der Waals surface area contributed by atoms with Crippen LogP contribution in [0.25, 0.3) is 0 Å². The topological polar surface area (TPSA) is 12.0 Å². The maximum atomic E-state index is 13.5. The molecule has 0 unspecified atom stereocenters. The molecule has 0 saturated carbocycles. The Labute approximate surface area is 92.3 Å². The minimum absolute atomic E-state index is 0.0794. The van der Waals surface area contributed by atoms with Crippen LogP contribution in [-0.2, 0) is 0 Å². The third-order valence-electron chi connectivity index (χ3n) is 2.49. The minimum Gasteiger partial charge on any atom is -0.316 e. The number of rotatable bonds is 1. The van der Waals surface area contributed by atoms with Gasteiger partial charge in [-0.3, -0.25) is 0 Å². The standard InChI is InChI=1S/C11H13F2NS/c12-8-1-2-10(13)9(7-8)11-3-4-14-5-6-15-11/h1-2,7,11,14H,3-6H2/t11-/m0/s1. The summed E-state index contributed by atoms with van der Waals surface area (Å²) in [6.07, 6.45) is 0.852. The Morgan fingerprint density at radius 1 is 1.27 bits per heavy atom. The van der Waals surface area contributed by atoms with Gasteiger partial charge in [0.25, 0.3) is 0 Å². The van der Waals surface area contributed by atoms with Crippen LogP contribution in [0.1, 0.15) is 17.2 Å². The molecule has 0 amide bonds. The second-order valence-corrected chi connectivity index (χ2v) is 4.87. The zero-order chi connectivity index (χ0) is 10.7. The largest absolute Gasteiger partial charge is 0.316 e. The molecule has 0 spiro atoms. The van der Waals surface area contributed by atoms with Crippen molar-refractivity contribution in [3.8, 4) is 0 Å². The fourth-order valence-corrected chi connectivity index (χ4v) is 2.91. The Morgan fingerprint density at radius 3 is 3.00 bits per heavy atom. The number of hydrogen-bond acceptors (Lipinski definition) is 2. The van der Waals surface area contributed by atoms with E-state index in [0.29, 0.717) is 5.56 Å². The van der Waals surface area contributed by atoms with Crippen molar-refractivity contribution in [1.82, 2.24) is 5.32 Å². The van der Waals surface area contributed by atoms with Crippen LogP contribution >= 0.6 is 11.8 Å². The molecular formula is C11H13F2NS. The van der Waals surface area contributed by atoms with Crippen LogP contribution in [-0.4, -0.2) is 18.8 Å². The van der Waals surface area contributed by atoms with E-state index in [0.717, 1.165) is 25.3 Å². The van der Waals surface area contributed by atoms with Gasteiger partial charge in [-0.25, -0.2) is 8.78 Å². The van der Waals surface area contributed by atoms with Crippen LogP contribution in [0.3, 0.4) is 0 Å². The highest BCUT2D eigenvalue weighted by atomic mass is 32.2. The van der Waals surface area contributed by atoms with E-state index in [1.165, 1.54) is 18.2 Å². The number of halogens is 2. The Hall–Kier alpha value is -0.610. The average molecular weight is 229 g/mol. The highest BCUT2D eigenvalue weighted by Crippen LogP contribution is 2.34. The van der Waals surface area contributed by atoms with Crippen LogP contribution in [0, 0.1) is 11.6 Å². The van der Waals surface area contributed by atoms with Gasteiger partial charge in [-0.15, -0.1) is 0 Å². The van der Waals surface area contributed by atoms with E-state index in [1.807, 2.05) is 0 Å². The summed E-state index contributed by atoms with van der Waals surface area (Å²) in [5.41, 5.74) is 0.503. The SMILES string of the molecule is Fc1ccc(F)c([C@@H]2CCNCCS2)c1. The summed E-state index contributed by atoms with van der Waals surface area (Å²) >= 11 is 1.69. The van der Waals surface area contributed by atoms with E-state index in [1.54, 1.807) is 11.8 Å². The predicted molar refractivity (Wildman–Crippen MR) is 59.0 cm³/mol. The molecule has 0 radical (unpaired) electrons. The lowest BCUT2D eigenvalue weighted by Crippen LogP contribution is -2.15. The van der Waals surface area contributed by atoms with Gasteiger partial charge in [0.05, 0.1) is 0 Å². The third-order valence-corrected chi connectivity index (χ3v) is 3.82. The molecule has 15 heavy (non-hydrogen) atoms. The zero-order valence-corrected chi connectivity index (χ0v) is 9.12. The molecule has 1 aliphatic heterocycles. The first-order chi connectivity index (χ1) is 7.27. The van der Waals surface area contributed by atoms with Crippen molar-refractivity contribution in [1.29, 1.82) is 0 Å². The lowest BCUT2D eigenvalue weighted by atomic mass is 10.1. The molecular weight excluding hydrogens is 216 g/mol. The van der Waals surface area contributed by atoms with E-state index in [2.05, 4.69) is 5.32 Å². The molecule has 1 nitrogen and oxygen atoms in total. The van der Waals surface area contributed by atoms with E-state index in [9.17, 15) is 8.78 Å². The van der Waals surface area contributed by atoms with Crippen molar-refractivity contribution in [3.63, 3.8) is 0 Å². The zero-order valence-electron chi connectivity index (χ0n) is 8.30. The van der Waals surface area contributed by atoms with Gasteiger partial charge in [-0.2, -0.15) is 11.8 Å². The number of hydrogen-bond donors (Lipinski definition) is 1. The third kappa shape index (κ3) is 2.69. The normalized spacial score (nSPS) is 22.4. The number of thioether (sulfide) groups is 1. The molecule has 1 aliphatic rings. The molecule has 1 heterocycles. The maximum absolute atomic E-state index is 13.5. The van der Waals surface area contributed by atoms with Gasteiger partial charge in [0.15, 0.2) is 0 Å². The first-order valence-electron chi connectivity index (χ1n) is 5.04. The molecule has 4 heteroatoms. The Bertz CT molecular complexity index is 335. The summed E-state index contributed by atoms with van der Waals surface area (Å²) < 4.78 is 26.5. The van der Waals surface area contributed by atoms with Crippen molar-refractivity contribution < 1.29 is 8.78 Å². The molecule has 0 bridgehead atoms. The van der Waals surface area contributed by atoms with Crippen LogP contribution in [0.4, 0.5) is 8.78 Å². The second-order valence-electron chi connectivity index (χ2n) is 3.56. The molecule has 2 rings (SSSR count). The van der Waals surface area contributed by atoms with E-state index in [-0.39, 0.29) is 16.9 Å². The molecule has 1 N–H and O–H groups in total. The van der Waals surface area contributed by atoms with E-state index < -0.39 is 0 Å². The first kappa shape index (κ1) is 10.9. The van der Waals surface area contributed by atoms with Gasteiger partial charge >= 0.3 is 0 Å². The average Bonchev–Trinajstić information content (AvgIpc) is 2.50. The van der Waals surface area contributed by atoms with Crippen molar-refractivity contribution in [2.45, 2.75) is 11.7 Å². The predicted octanol–water partition coefficient (Wildman–Crippen LogP) is 2.73. The quantitative estimate of drug-likeness (QED) is 0.794. The summed E-state index contributed by atoms with van der Waals surface area (Å²) in [7, 11) is 0. The molecule has 1 aromatic carbocycles. The summed E-state index contributed by atoms with van der Waals surface area (Å²) in [6, 6.07) is 3.69. The maximum Gasteiger partial charge on any atom is 0.127 e. The lowest BCUT2D eigenvalue weighted by Gasteiger charge is -2.14. The van der Waals surface area contributed by atoms with Crippen LogP contribution in [0.2, 0.25) is 0 Å². The first-order valence-corrected chi connectivity index (χ1v) is 6.09. The minimum atomic E-state index is -0.357. The smallest absolute Gasteiger partial charge is 0.127 e. The van der Waals surface area contributed by atoms with Gasteiger partial charge in [-0.05, 0) is 31.2 Å². The van der Waals surface area contributed by atoms with Crippen molar-refractivity contribution in [2.24, 2.45) is 0 Å². The van der Waals surface area contributed by atoms with Crippen molar-refractivity contribution >= 4 is 11.8 Å². The molecule has 0 aliphatic carbocycles. The van der Waals surface area contributed by atoms with Gasteiger partial charge < -0.3 is 5.32 Å².